The van der Waals surface area contributed by atoms with Gasteiger partial charge in [0, 0.05) is 0 Å². The number of hydrogen-bond donors (Lipinski definition) is 1. The van der Waals surface area contributed by atoms with E-state index in [4.69, 9.17) is 14.2 Å². The normalized spacial score (nSPS) is 13.4. The summed E-state index contributed by atoms with van der Waals surface area (Å²) in [5.41, 5.74) is 1.15. The molecule has 0 saturated carbocycles. The molecule has 0 fully saturated rings. The molecule has 0 aromatic heterocycles. The van der Waals surface area contributed by atoms with Crippen LogP contribution in [0, 0.1) is 0 Å². The van der Waals surface area contributed by atoms with E-state index in [1.54, 1.807) is 6.07 Å². The number of methoxy groups -OCH3 is 1. The molecule has 0 aliphatic carbocycles. The molecule has 0 heterocycles. The molecule has 178 valence electrons. The zero-order valence-electron chi connectivity index (χ0n) is 20.3. The first-order valence-corrected chi connectivity index (χ1v) is 13.1. The van der Waals surface area contributed by atoms with Crippen molar-refractivity contribution in [2.75, 3.05) is 19.7 Å². The topological polar surface area (TPSA) is 65.0 Å². The summed E-state index contributed by atoms with van der Waals surface area (Å²) in [6.45, 7) is 14.2. The number of ether oxygens (including phenoxy) is 3. The van der Waals surface area contributed by atoms with Crippen LogP contribution in [-0.4, -0.2) is 46.5 Å². The molecule has 0 aliphatic rings. The first-order chi connectivity index (χ1) is 15.1. The lowest BCUT2D eigenvalue weighted by Gasteiger charge is -2.51. The molecule has 1 N–H and O–H groups in total. The quantitative estimate of drug-likeness (QED) is 0.389. The number of carbonyl (C=O) groups is 1. The summed E-state index contributed by atoms with van der Waals surface area (Å²) < 4.78 is 18.1. The minimum absolute atomic E-state index is 0.154. The van der Waals surface area contributed by atoms with Crippen LogP contribution in [0.4, 0.5) is 0 Å². The summed E-state index contributed by atoms with van der Waals surface area (Å²) in [7, 11) is 0.515. The molecule has 0 unspecified atom stereocenters. The second-order valence-corrected chi connectivity index (χ2v) is 13.6. The van der Waals surface area contributed by atoms with Crippen molar-refractivity contribution in [3.63, 3.8) is 0 Å². The Hall–Kier alpha value is -2.18. The molecule has 2 aromatic rings. The standard InChI is InChI=1S/C26H38O5S/c1-18(2)32(19(3)4,20(5)6)17-30-16-25(21-11-9-8-10-12-21)31-23-14-13-22(26(27)28)15-24(23)29-7/h8-15,18-20,25H,16-17H2,1-7H3,(H,27,28)/t25-/m0/s1. The maximum absolute atomic E-state index is 11.3. The van der Waals surface area contributed by atoms with E-state index in [0.29, 0.717) is 33.9 Å². The fraction of sp³-hybridized carbons (Fsp3) is 0.500. The highest BCUT2D eigenvalue weighted by Crippen LogP contribution is 2.60. The van der Waals surface area contributed by atoms with Crippen LogP contribution >= 0.6 is 10.0 Å². The molecule has 0 amide bonds. The third kappa shape index (κ3) is 5.99. The average Bonchev–Trinajstić information content (AvgIpc) is 2.75. The van der Waals surface area contributed by atoms with Crippen LogP contribution in [0.25, 0.3) is 0 Å². The third-order valence-corrected chi connectivity index (χ3v) is 11.9. The second kappa shape index (κ2) is 11.6. The molecule has 2 aromatic carbocycles. The zero-order chi connectivity index (χ0) is 23.9. The largest absolute Gasteiger partial charge is 0.493 e. The van der Waals surface area contributed by atoms with Crippen LogP contribution in [0.1, 0.15) is 63.6 Å². The van der Waals surface area contributed by atoms with Gasteiger partial charge in [-0.3, -0.25) is 0 Å². The lowest BCUT2D eigenvalue weighted by molar-refractivity contribution is 0.0686. The van der Waals surface area contributed by atoms with E-state index < -0.39 is 16.0 Å². The number of carboxylic acid groups (broad SMARTS) is 1. The summed E-state index contributed by atoms with van der Waals surface area (Å²) in [5, 5.41) is 10.9. The number of aromatic carboxylic acids is 1. The molecule has 5 nitrogen and oxygen atoms in total. The van der Waals surface area contributed by atoms with Crippen LogP contribution in [0.3, 0.4) is 0 Å². The first kappa shape index (κ1) is 26.1. The highest BCUT2D eigenvalue weighted by atomic mass is 32.3. The van der Waals surface area contributed by atoms with Crippen molar-refractivity contribution in [3.8, 4) is 11.5 Å². The van der Waals surface area contributed by atoms with Crippen LogP contribution < -0.4 is 9.47 Å². The fourth-order valence-electron chi connectivity index (χ4n) is 4.26. The van der Waals surface area contributed by atoms with Crippen molar-refractivity contribution in [1.29, 1.82) is 0 Å². The molecule has 32 heavy (non-hydrogen) atoms. The molecule has 0 saturated heterocycles. The van der Waals surface area contributed by atoms with Crippen molar-refractivity contribution in [2.24, 2.45) is 0 Å². The molecular formula is C26H38O5S. The van der Waals surface area contributed by atoms with Crippen LogP contribution in [0.5, 0.6) is 11.5 Å². The Morgan fingerprint density at radius 3 is 2.00 bits per heavy atom. The third-order valence-electron chi connectivity index (χ3n) is 6.04. The van der Waals surface area contributed by atoms with Crippen molar-refractivity contribution < 1.29 is 24.1 Å². The summed E-state index contributed by atoms with van der Waals surface area (Å²) >= 11 is 0. The Bertz CT molecular complexity index is 842. The molecule has 0 radical (unpaired) electrons. The van der Waals surface area contributed by atoms with E-state index in [9.17, 15) is 9.90 Å². The first-order valence-electron chi connectivity index (χ1n) is 11.1. The molecule has 1 atom stereocenters. The van der Waals surface area contributed by atoms with Gasteiger partial charge in [-0.25, -0.2) is 14.8 Å². The van der Waals surface area contributed by atoms with E-state index in [2.05, 4.69) is 41.5 Å². The Morgan fingerprint density at radius 2 is 1.50 bits per heavy atom. The predicted molar refractivity (Wildman–Crippen MR) is 134 cm³/mol. The summed E-state index contributed by atoms with van der Waals surface area (Å²) in [5.74, 6) is 0.595. The van der Waals surface area contributed by atoms with Gasteiger partial charge in [0.05, 0.1) is 25.2 Å². The van der Waals surface area contributed by atoms with Gasteiger partial charge in [0.2, 0.25) is 0 Å². The molecule has 2 rings (SSSR count). The van der Waals surface area contributed by atoms with E-state index in [0.717, 1.165) is 11.5 Å². The summed E-state index contributed by atoms with van der Waals surface area (Å²) in [6, 6.07) is 14.6. The number of benzene rings is 2. The minimum Gasteiger partial charge on any atom is -0.493 e. The molecular weight excluding hydrogens is 424 g/mol. The Labute approximate surface area is 194 Å². The van der Waals surface area contributed by atoms with Crippen LogP contribution in [0.15, 0.2) is 48.5 Å². The van der Waals surface area contributed by atoms with E-state index in [1.165, 1.54) is 19.2 Å². The zero-order valence-corrected chi connectivity index (χ0v) is 21.1. The van der Waals surface area contributed by atoms with Gasteiger partial charge in [0.15, 0.2) is 11.5 Å². The Balaban J connectivity index is 2.27. The molecule has 0 bridgehead atoms. The molecule has 0 aliphatic heterocycles. The van der Waals surface area contributed by atoms with E-state index in [-0.39, 0.29) is 11.7 Å². The minimum atomic E-state index is -1.01. The average molecular weight is 463 g/mol. The van der Waals surface area contributed by atoms with Crippen molar-refractivity contribution >= 4 is 16.0 Å². The van der Waals surface area contributed by atoms with Gasteiger partial charge in [0.25, 0.3) is 0 Å². The van der Waals surface area contributed by atoms with Gasteiger partial charge in [-0.2, -0.15) is 0 Å². The summed E-state index contributed by atoms with van der Waals surface area (Å²) in [6.07, 6.45) is -0.343. The predicted octanol–water partition coefficient (Wildman–Crippen LogP) is 6.52. The van der Waals surface area contributed by atoms with Crippen molar-refractivity contribution in [1.82, 2.24) is 0 Å². The van der Waals surface area contributed by atoms with Crippen LogP contribution in [0.2, 0.25) is 0 Å². The maximum Gasteiger partial charge on any atom is 0.335 e. The monoisotopic (exact) mass is 462 g/mol. The van der Waals surface area contributed by atoms with Crippen molar-refractivity contribution in [3.05, 3.63) is 59.7 Å². The van der Waals surface area contributed by atoms with Gasteiger partial charge >= 0.3 is 5.97 Å². The number of rotatable bonds is 12. The lowest BCUT2D eigenvalue weighted by atomic mass is 10.1. The Morgan fingerprint density at radius 1 is 0.906 bits per heavy atom. The molecule has 6 heteroatoms. The highest BCUT2D eigenvalue weighted by Gasteiger charge is 2.35. The van der Waals surface area contributed by atoms with Gasteiger partial charge < -0.3 is 19.3 Å². The summed E-state index contributed by atoms with van der Waals surface area (Å²) in [4.78, 5) is 11.3. The number of hydrogen-bond acceptors (Lipinski definition) is 4. The second-order valence-electron chi connectivity index (χ2n) is 8.73. The van der Waals surface area contributed by atoms with Gasteiger partial charge in [-0.1, -0.05) is 71.9 Å². The smallest absolute Gasteiger partial charge is 0.335 e. The highest BCUT2D eigenvalue weighted by molar-refractivity contribution is 8.34. The van der Waals surface area contributed by atoms with Gasteiger partial charge in [-0.05, 0) is 39.5 Å². The van der Waals surface area contributed by atoms with E-state index in [1.807, 2.05) is 30.3 Å². The fourth-order valence-corrected chi connectivity index (χ4v) is 8.73. The van der Waals surface area contributed by atoms with E-state index >= 15 is 0 Å². The van der Waals surface area contributed by atoms with Gasteiger partial charge in [0.1, 0.15) is 6.10 Å². The molecule has 0 spiro atoms. The SMILES string of the molecule is COc1cc(C(=O)O)ccc1O[C@@H](COCS(C(C)C)(C(C)C)C(C)C)c1ccccc1. The Kier molecular flexibility index (Phi) is 9.47. The lowest BCUT2D eigenvalue weighted by Crippen LogP contribution is -2.33. The van der Waals surface area contributed by atoms with Crippen LogP contribution in [-0.2, 0) is 4.74 Å². The number of carboxylic acids is 1. The van der Waals surface area contributed by atoms with Crippen molar-refractivity contribution in [2.45, 2.75) is 63.4 Å². The van der Waals surface area contributed by atoms with Gasteiger partial charge in [-0.15, -0.1) is 0 Å². The maximum atomic E-state index is 11.3.